The molecule has 1 aromatic heterocycles. The van der Waals surface area contributed by atoms with Crippen molar-refractivity contribution in [1.82, 2.24) is 4.98 Å². The molecule has 0 fully saturated rings. The van der Waals surface area contributed by atoms with Crippen LogP contribution < -0.4 is 0 Å². The molecule has 0 aliphatic heterocycles. The van der Waals surface area contributed by atoms with Crippen LogP contribution in [0.5, 0.6) is 0 Å². The first-order valence-electron chi connectivity index (χ1n) is 4.64. The summed E-state index contributed by atoms with van der Waals surface area (Å²) >= 11 is 7.82. The Morgan fingerprint density at radius 3 is 3.00 bits per heavy atom. The fourth-order valence-corrected chi connectivity index (χ4v) is 2.20. The lowest BCUT2D eigenvalue weighted by molar-refractivity contribution is 1.26. The van der Waals surface area contributed by atoms with Gasteiger partial charge in [0.05, 0.1) is 0 Å². The fraction of sp³-hybridized carbons (Fsp3) is 0.273. The lowest BCUT2D eigenvalue weighted by atomic mass is 10.2. The average molecular weight is 226 g/mol. The second-order valence-electron chi connectivity index (χ2n) is 3.16. The zero-order valence-electron chi connectivity index (χ0n) is 8.01. The second kappa shape index (κ2) is 4.28. The number of hydrogen-bond acceptors (Lipinski definition) is 1. The van der Waals surface area contributed by atoms with Gasteiger partial charge in [0, 0.05) is 22.0 Å². The molecule has 14 heavy (non-hydrogen) atoms. The van der Waals surface area contributed by atoms with Gasteiger partial charge in [-0.15, -0.1) is 0 Å². The first kappa shape index (κ1) is 9.94. The fourth-order valence-electron chi connectivity index (χ4n) is 1.45. The van der Waals surface area contributed by atoms with Crippen LogP contribution in [0.2, 0.25) is 5.02 Å². The topological polar surface area (TPSA) is 15.8 Å². The highest BCUT2D eigenvalue weighted by atomic mass is 35.5. The van der Waals surface area contributed by atoms with Crippen LogP contribution in [-0.4, -0.2) is 10.7 Å². The number of halogens is 1. The van der Waals surface area contributed by atoms with Crippen LogP contribution in [0.1, 0.15) is 12.6 Å². The molecule has 0 spiro atoms. The number of fused-ring (bicyclic) bond motifs is 1. The molecule has 0 radical (unpaired) electrons. The van der Waals surface area contributed by atoms with Crippen molar-refractivity contribution >= 4 is 34.3 Å². The van der Waals surface area contributed by atoms with Gasteiger partial charge < -0.3 is 4.98 Å². The third kappa shape index (κ3) is 2.07. The van der Waals surface area contributed by atoms with E-state index in [4.69, 9.17) is 11.6 Å². The van der Waals surface area contributed by atoms with E-state index in [1.807, 2.05) is 30.0 Å². The molecule has 1 heterocycles. The second-order valence-corrected chi connectivity index (χ2v) is 4.87. The van der Waals surface area contributed by atoms with Gasteiger partial charge in [-0.1, -0.05) is 24.6 Å². The van der Waals surface area contributed by atoms with Crippen LogP contribution in [0.4, 0.5) is 0 Å². The molecule has 0 atom stereocenters. The molecule has 0 saturated heterocycles. The highest BCUT2D eigenvalue weighted by Gasteiger charge is 2.00. The summed E-state index contributed by atoms with van der Waals surface area (Å²) in [5.74, 6) is 2.19. The molecule has 0 amide bonds. The standard InChI is InChI=1S/C11H12ClNS/c1-2-14-7-10-5-8-3-4-9(12)6-11(8)13-10/h3-6,13H,2,7H2,1H3. The molecule has 2 aromatic rings. The lowest BCUT2D eigenvalue weighted by Crippen LogP contribution is -1.78. The molecule has 1 N–H and O–H groups in total. The highest BCUT2D eigenvalue weighted by Crippen LogP contribution is 2.21. The van der Waals surface area contributed by atoms with Crippen LogP contribution in [-0.2, 0) is 5.75 Å². The average Bonchev–Trinajstić information content (AvgIpc) is 2.56. The van der Waals surface area contributed by atoms with Crippen molar-refractivity contribution in [2.75, 3.05) is 5.75 Å². The quantitative estimate of drug-likeness (QED) is 0.833. The van der Waals surface area contributed by atoms with Crippen molar-refractivity contribution in [1.29, 1.82) is 0 Å². The first-order chi connectivity index (χ1) is 6.79. The van der Waals surface area contributed by atoms with E-state index in [0.717, 1.165) is 22.0 Å². The molecule has 0 aliphatic carbocycles. The summed E-state index contributed by atoms with van der Waals surface area (Å²) in [5.41, 5.74) is 2.40. The van der Waals surface area contributed by atoms with Gasteiger partial charge in [-0.3, -0.25) is 0 Å². The van der Waals surface area contributed by atoms with Gasteiger partial charge in [0.1, 0.15) is 0 Å². The summed E-state index contributed by atoms with van der Waals surface area (Å²) in [6, 6.07) is 8.13. The molecule has 0 aliphatic rings. The number of H-pyrrole nitrogens is 1. The highest BCUT2D eigenvalue weighted by molar-refractivity contribution is 7.98. The first-order valence-corrected chi connectivity index (χ1v) is 6.18. The minimum atomic E-state index is 0.786. The number of aromatic amines is 1. The number of benzene rings is 1. The Kier molecular flexibility index (Phi) is 3.04. The van der Waals surface area contributed by atoms with Crippen molar-refractivity contribution in [2.24, 2.45) is 0 Å². The van der Waals surface area contributed by atoms with E-state index in [1.165, 1.54) is 11.1 Å². The van der Waals surface area contributed by atoms with Crippen LogP contribution in [0.3, 0.4) is 0 Å². The summed E-state index contributed by atoms with van der Waals surface area (Å²) in [6.45, 7) is 2.17. The molecule has 1 aromatic carbocycles. The maximum absolute atomic E-state index is 5.91. The maximum atomic E-state index is 5.91. The molecule has 2 rings (SSSR count). The molecule has 74 valence electrons. The third-order valence-electron chi connectivity index (χ3n) is 2.10. The number of aromatic nitrogens is 1. The molecule has 3 heteroatoms. The van der Waals surface area contributed by atoms with E-state index in [9.17, 15) is 0 Å². The summed E-state index contributed by atoms with van der Waals surface area (Å²) in [5, 5.41) is 2.02. The van der Waals surface area contributed by atoms with Gasteiger partial charge in [0.25, 0.3) is 0 Å². The number of nitrogens with one attached hydrogen (secondary N) is 1. The van der Waals surface area contributed by atoms with Crippen LogP contribution in [0, 0.1) is 0 Å². The molecule has 0 saturated carbocycles. The minimum Gasteiger partial charge on any atom is -0.358 e. The van der Waals surface area contributed by atoms with Gasteiger partial charge in [-0.05, 0) is 29.3 Å². The largest absolute Gasteiger partial charge is 0.358 e. The monoisotopic (exact) mass is 225 g/mol. The molecule has 1 nitrogen and oxygen atoms in total. The summed E-state index contributed by atoms with van der Waals surface area (Å²) in [7, 11) is 0. The van der Waals surface area contributed by atoms with Gasteiger partial charge in [0.2, 0.25) is 0 Å². The van der Waals surface area contributed by atoms with E-state index >= 15 is 0 Å². The van der Waals surface area contributed by atoms with Crippen LogP contribution >= 0.6 is 23.4 Å². The van der Waals surface area contributed by atoms with Gasteiger partial charge in [-0.2, -0.15) is 11.8 Å². The Morgan fingerprint density at radius 1 is 1.36 bits per heavy atom. The van der Waals surface area contributed by atoms with E-state index < -0.39 is 0 Å². The van der Waals surface area contributed by atoms with Crippen molar-refractivity contribution in [2.45, 2.75) is 12.7 Å². The predicted molar refractivity (Wildman–Crippen MR) is 65.1 cm³/mol. The van der Waals surface area contributed by atoms with Crippen LogP contribution in [0.25, 0.3) is 10.9 Å². The van der Waals surface area contributed by atoms with Crippen molar-refractivity contribution in [3.05, 3.63) is 35.0 Å². The van der Waals surface area contributed by atoms with E-state index in [0.29, 0.717) is 0 Å². The zero-order chi connectivity index (χ0) is 9.97. The normalized spacial score (nSPS) is 11.0. The van der Waals surface area contributed by atoms with E-state index in [1.54, 1.807) is 0 Å². The van der Waals surface area contributed by atoms with Crippen molar-refractivity contribution < 1.29 is 0 Å². The number of thioether (sulfide) groups is 1. The lowest BCUT2D eigenvalue weighted by Gasteiger charge is -1.93. The van der Waals surface area contributed by atoms with E-state index in [-0.39, 0.29) is 0 Å². The molecular formula is C11H12ClNS. The summed E-state index contributed by atoms with van der Waals surface area (Å²) in [4.78, 5) is 3.37. The van der Waals surface area contributed by atoms with Gasteiger partial charge in [0.15, 0.2) is 0 Å². The van der Waals surface area contributed by atoms with Gasteiger partial charge in [-0.25, -0.2) is 0 Å². The Hall–Kier alpha value is -0.600. The van der Waals surface area contributed by atoms with Crippen LogP contribution in [0.15, 0.2) is 24.3 Å². The Morgan fingerprint density at radius 2 is 2.21 bits per heavy atom. The Balaban J connectivity index is 2.32. The third-order valence-corrected chi connectivity index (χ3v) is 3.26. The number of rotatable bonds is 3. The molecular weight excluding hydrogens is 214 g/mol. The Bertz CT molecular complexity index is 436. The SMILES string of the molecule is CCSCc1cc2ccc(Cl)cc2[nH]1. The summed E-state index contributed by atoms with van der Waals surface area (Å²) < 4.78 is 0. The molecule has 0 bridgehead atoms. The maximum Gasteiger partial charge on any atom is 0.0471 e. The van der Waals surface area contributed by atoms with Crippen molar-refractivity contribution in [3.63, 3.8) is 0 Å². The molecule has 0 unspecified atom stereocenters. The van der Waals surface area contributed by atoms with E-state index in [2.05, 4.69) is 18.0 Å². The van der Waals surface area contributed by atoms with Crippen molar-refractivity contribution in [3.8, 4) is 0 Å². The smallest absolute Gasteiger partial charge is 0.0471 e. The minimum absolute atomic E-state index is 0.786. The number of hydrogen-bond donors (Lipinski definition) is 1. The summed E-state index contributed by atoms with van der Waals surface area (Å²) in [6.07, 6.45) is 0. The predicted octanol–water partition coefficient (Wildman–Crippen LogP) is 4.07. The zero-order valence-corrected chi connectivity index (χ0v) is 9.58. The Labute approximate surface area is 92.8 Å². The van der Waals surface area contributed by atoms with Gasteiger partial charge >= 0.3 is 0 Å².